The van der Waals surface area contributed by atoms with E-state index in [0.717, 1.165) is 0 Å². The van der Waals surface area contributed by atoms with E-state index in [-0.39, 0.29) is 11.6 Å². The number of nitrogens with one attached hydrogen (secondary N) is 1. The first kappa shape index (κ1) is 18.9. The fraction of sp³-hybridized carbons (Fsp3) is 0.158. The number of oxime groups is 1. The van der Waals surface area contributed by atoms with Crippen molar-refractivity contribution in [2.45, 2.75) is 0 Å². The van der Waals surface area contributed by atoms with Crippen LogP contribution in [0.1, 0.15) is 5.56 Å². The molecular weight excluding hydrogens is 364 g/mol. The number of rotatable bonds is 7. The van der Waals surface area contributed by atoms with Crippen molar-refractivity contribution >= 4 is 28.7 Å². The minimum absolute atomic E-state index is 0.162. The fourth-order valence-electron chi connectivity index (χ4n) is 2.47. The molecule has 2 aromatic carbocycles. The Hall–Kier alpha value is -3.88. The summed E-state index contributed by atoms with van der Waals surface area (Å²) in [6.45, 7) is -0.392. The minimum atomic E-state index is -0.644. The van der Waals surface area contributed by atoms with Crippen molar-refractivity contribution in [3.8, 4) is 17.4 Å². The Morgan fingerprint density at radius 3 is 2.71 bits per heavy atom. The number of ether oxygens (including phenoxy) is 2. The van der Waals surface area contributed by atoms with Crippen molar-refractivity contribution in [3.05, 3.63) is 48.0 Å². The molecule has 0 unspecified atom stereocenters. The van der Waals surface area contributed by atoms with E-state index in [1.54, 1.807) is 43.5 Å². The van der Waals surface area contributed by atoms with Crippen LogP contribution in [0.4, 0.5) is 5.69 Å². The summed E-state index contributed by atoms with van der Waals surface area (Å²) in [4.78, 5) is 19.5. The number of nitrogens with zero attached hydrogens (tertiary/aromatic N) is 3. The molecule has 3 aromatic rings. The smallest absolute Gasteiger partial charge is 0.304 e. The van der Waals surface area contributed by atoms with Crippen LogP contribution in [0.25, 0.3) is 10.9 Å². The molecule has 1 amide bonds. The van der Waals surface area contributed by atoms with Crippen molar-refractivity contribution in [1.29, 1.82) is 0 Å². The zero-order chi connectivity index (χ0) is 19.9. The van der Waals surface area contributed by atoms with Crippen LogP contribution in [0.5, 0.6) is 17.4 Å². The fourth-order valence-corrected chi connectivity index (χ4v) is 2.47. The van der Waals surface area contributed by atoms with Crippen molar-refractivity contribution < 1.29 is 24.2 Å². The largest absolute Gasteiger partial charge is 0.493 e. The molecule has 144 valence electrons. The number of H-pyrrole nitrogens is 1. The number of azo groups is 1. The number of carbonyl (C=O) groups is 1. The number of carbonyl (C=O) groups excluding carboxylic acids is 1. The van der Waals surface area contributed by atoms with Crippen LogP contribution < -0.4 is 9.47 Å². The van der Waals surface area contributed by atoms with Gasteiger partial charge in [-0.15, -0.1) is 10.2 Å². The van der Waals surface area contributed by atoms with Crippen molar-refractivity contribution in [2.24, 2.45) is 15.4 Å². The van der Waals surface area contributed by atoms with Gasteiger partial charge < -0.3 is 24.4 Å². The Labute approximate surface area is 160 Å². The lowest BCUT2D eigenvalue weighted by atomic mass is 10.2. The normalized spacial score (nSPS) is 11.4. The van der Waals surface area contributed by atoms with Gasteiger partial charge in [-0.25, -0.2) is 0 Å². The highest BCUT2D eigenvalue weighted by Gasteiger charge is 2.10. The molecule has 0 aliphatic rings. The van der Waals surface area contributed by atoms with E-state index in [9.17, 15) is 9.90 Å². The van der Waals surface area contributed by atoms with Crippen LogP contribution in [0, 0.1) is 0 Å². The molecule has 9 heteroatoms. The first-order valence-corrected chi connectivity index (χ1v) is 8.24. The van der Waals surface area contributed by atoms with Crippen molar-refractivity contribution in [2.75, 3.05) is 20.8 Å². The molecule has 0 saturated heterocycles. The molecule has 0 aliphatic carbocycles. The average molecular weight is 382 g/mol. The first-order chi connectivity index (χ1) is 13.6. The third-order valence-corrected chi connectivity index (χ3v) is 3.79. The Morgan fingerprint density at radius 2 is 1.93 bits per heavy atom. The lowest BCUT2D eigenvalue weighted by Crippen LogP contribution is -2.01. The summed E-state index contributed by atoms with van der Waals surface area (Å²) in [6.07, 6.45) is 1.43. The van der Waals surface area contributed by atoms with E-state index < -0.39 is 12.5 Å². The molecule has 28 heavy (non-hydrogen) atoms. The average Bonchev–Trinajstić information content (AvgIpc) is 3.04. The van der Waals surface area contributed by atoms with E-state index >= 15 is 0 Å². The maximum atomic E-state index is 11.8. The SMILES string of the molecule is COc1ccc(/C=N/OCC(=O)N=Nc2c(O)[nH]c3ccccc23)cc1OC. The number of aromatic amines is 1. The molecule has 0 spiro atoms. The number of aromatic nitrogens is 1. The van der Waals surface area contributed by atoms with Crippen molar-refractivity contribution in [1.82, 2.24) is 4.98 Å². The number of hydrogen-bond donors (Lipinski definition) is 2. The highest BCUT2D eigenvalue weighted by Crippen LogP contribution is 2.35. The van der Waals surface area contributed by atoms with Crippen LogP contribution in [0.2, 0.25) is 0 Å². The second-order valence-corrected chi connectivity index (χ2v) is 5.58. The zero-order valence-electron chi connectivity index (χ0n) is 15.2. The molecule has 0 fully saturated rings. The highest BCUT2D eigenvalue weighted by atomic mass is 16.6. The number of hydrogen-bond acceptors (Lipinski definition) is 7. The number of fused-ring (bicyclic) bond motifs is 1. The summed E-state index contributed by atoms with van der Waals surface area (Å²) >= 11 is 0. The van der Waals surface area contributed by atoms with Gasteiger partial charge in [0.25, 0.3) is 0 Å². The van der Waals surface area contributed by atoms with Gasteiger partial charge in [0.05, 0.1) is 26.0 Å². The van der Waals surface area contributed by atoms with Crippen LogP contribution >= 0.6 is 0 Å². The summed E-state index contributed by atoms with van der Waals surface area (Å²) in [6, 6.07) is 12.4. The molecule has 0 bridgehead atoms. The molecule has 1 heterocycles. The van der Waals surface area contributed by atoms with Crippen LogP contribution in [0.3, 0.4) is 0 Å². The number of methoxy groups -OCH3 is 2. The molecule has 3 rings (SSSR count). The van der Waals surface area contributed by atoms with E-state index in [0.29, 0.717) is 28.0 Å². The standard InChI is InChI=1S/C19H18N4O5/c1-26-15-8-7-12(9-16(15)27-2)10-20-28-11-17(24)22-23-18-13-5-3-4-6-14(13)21-19(18)25/h3-10,21,25H,11H2,1-2H3/b20-10+,23-22?. The monoisotopic (exact) mass is 382 g/mol. The topological polar surface area (TPSA) is 118 Å². The minimum Gasteiger partial charge on any atom is -0.493 e. The van der Waals surface area contributed by atoms with Gasteiger partial charge in [-0.05, 0) is 24.3 Å². The summed E-state index contributed by atoms with van der Waals surface area (Å²) in [5, 5.41) is 21.6. The second kappa shape index (κ2) is 8.67. The van der Waals surface area contributed by atoms with Gasteiger partial charge in [-0.3, -0.25) is 4.79 Å². The van der Waals surface area contributed by atoms with Gasteiger partial charge in [0.1, 0.15) is 0 Å². The number of amides is 1. The predicted molar refractivity (Wildman–Crippen MR) is 103 cm³/mol. The third-order valence-electron chi connectivity index (χ3n) is 3.79. The van der Waals surface area contributed by atoms with E-state index in [2.05, 4.69) is 20.4 Å². The Kier molecular flexibility index (Phi) is 5.85. The van der Waals surface area contributed by atoms with E-state index in [1.165, 1.54) is 13.3 Å². The molecule has 1 aromatic heterocycles. The zero-order valence-corrected chi connectivity index (χ0v) is 15.2. The maximum absolute atomic E-state index is 11.8. The molecule has 2 N–H and O–H groups in total. The Bertz CT molecular complexity index is 1040. The lowest BCUT2D eigenvalue weighted by Gasteiger charge is -2.07. The van der Waals surface area contributed by atoms with Gasteiger partial charge in [0.15, 0.2) is 23.8 Å². The van der Waals surface area contributed by atoms with Gasteiger partial charge in [-0.2, -0.15) is 0 Å². The van der Waals surface area contributed by atoms with Crippen LogP contribution in [0.15, 0.2) is 57.8 Å². The highest BCUT2D eigenvalue weighted by molar-refractivity contribution is 5.94. The third kappa shape index (κ3) is 4.26. The first-order valence-electron chi connectivity index (χ1n) is 8.24. The quantitative estimate of drug-likeness (QED) is 0.368. The summed E-state index contributed by atoms with van der Waals surface area (Å²) in [5.74, 6) is 0.339. The molecule has 0 radical (unpaired) electrons. The maximum Gasteiger partial charge on any atom is 0.304 e. The lowest BCUT2D eigenvalue weighted by molar-refractivity contribution is -0.122. The molecular formula is C19H18N4O5. The predicted octanol–water partition coefficient (Wildman–Crippen LogP) is 3.55. The number of benzene rings is 2. The summed E-state index contributed by atoms with van der Waals surface area (Å²) in [5.41, 5.74) is 1.59. The van der Waals surface area contributed by atoms with Gasteiger partial charge in [0, 0.05) is 10.9 Å². The summed E-state index contributed by atoms with van der Waals surface area (Å²) in [7, 11) is 3.08. The van der Waals surface area contributed by atoms with Gasteiger partial charge in [-0.1, -0.05) is 23.4 Å². The van der Waals surface area contributed by atoms with E-state index in [4.69, 9.17) is 14.3 Å². The van der Waals surface area contributed by atoms with Crippen LogP contribution in [-0.2, 0) is 9.63 Å². The van der Waals surface area contributed by atoms with Crippen molar-refractivity contribution in [3.63, 3.8) is 0 Å². The summed E-state index contributed by atoms with van der Waals surface area (Å²) < 4.78 is 10.3. The second-order valence-electron chi connectivity index (χ2n) is 5.58. The molecule has 0 aliphatic heterocycles. The number of para-hydroxylation sites is 1. The van der Waals surface area contributed by atoms with Gasteiger partial charge in [0.2, 0.25) is 5.88 Å². The molecule has 9 nitrogen and oxygen atoms in total. The number of aromatic hydroxyl groups is 1. The van der Waals surface area contributed by atoms with E-state index in [1.807, 2.05) is 6.07 Å². The Balaban J connectivity index is 1.58. The molecule has 0 saturated carbocycles. The molecule has 0 atom stereocenters. The van der Waals surface area contributed by atoms with Gasteiger partial charge >= 0.3 is 5.91 Å². The Morgan fingerprint density at radius 1 is 1.14 bits per heavy atom. The van der Waals surface area contributed by atoms with Crippen LogP contribution in [-0.4, -0.2) is 43.0 Å².